The summed E-state index contributed by atoms with van der Waals surface area (Å²) in [4.78, 5) is 9.47. The van der Waals surface area contributed by atoms with Crippen LogP contribution in [0.4, 0.5) is 5.69 Å². The van der Waals surface area contributed by atoms with Crippen molar-refractivity contribution in [1.29, 1.82) is 0 Å². The highest BCUT2D eigenvalue weighted by Gasteiger charge is 2.23. The number of nitrogens with two attached hydrogens (primary N) is 1. The Labute approximate surface area is 114 Å². The van der Waals surface area contributed by atoms with Crippen LogP contribution < -0.4 is 10.6 Å². The normalized spacial score (nSPS) is 18.7. The van der Waals surface area contributed by atoms with E-state index in [1.807, 2.05) is 12.4 Å². The lowest BCUT2D eigenvalue weighted by Gasteiger charge is -2.39. The molecule has 0 amide bonds. The first kappa shape index (κ1) is 13.2. The Morgan fingerprint density at radius 2 is 2.06 bits per heavy atom. The Balaban J connectivity index is 1.99. The van der Waals surface area contributed by atoms with Crippen LogP contribution >= 0.6 is 12.2 Å². The van der Waals surface area contributed by atoms with E-state index in [4.69, 9.17) is 18.0 Å². The molecule has 0 aliphatic carbocycles. The molecule has 1 fully saturated rings. The SMILES string of the molecule is Cc1cnccc1N1CCN(C(C)C(N)=S)CC1. The average molecular weight is 264 g/mol. The van der Waals surface area contributed by atoms with Crippen molar-refractivity contribution in [1.82, 2.24) is 9.88 Å². The number of anilines is 1. The summed E-state index contributed by atoms with van der Waals surface area (Å²) < 4.78 is 0. The van der Waals surface area contributed by atoms with Gasteiger partial charge in [-0.15, -0.1) is 0 Å². The van der Waals surface area contributed by atoms with Crippen LogP contribution in [0.2, 0.25) is 0 Å². The lowest BCUT2D eigenvalue weighted by molar-refractivity contribution is 0.239. The Kier molecular flexibility index (Phi) is 4.14. The van der Waals surface area contributed by atoms with Crippen LogP contribution in [0.25, 0.3) is 0 Å². The molecule has 1 saturated heterocycles. The van der Waals surface area contributed by atoms with E-state index in [1.54, 1.807) is 0 Å². The summed E-state index contributed by atoms with van der Waals surface area (Å²) in [5.41, 5.74) is 8.22. The molecular weight excluding hydrogens is 244 g/mol. The molecule has 0 saturated carbocycles. The molecule has 1 aromatic heterocycles. The summed E-state index contributed by atoms with van der Waals surface area (Å²) in [6, 6.07) is 2.28. The zero-order chi connectivity index (χ0) is 13.1. The number of hydrogen-bond acceptors (Lipinski definition) is 4. The van der Waals surface area contributed by atoms with Crippen LogP contribution in [-0.2, 0) is 0 Å². The summed E-state index contributed by atoms with van der Waals surface area (Å²) in [6.07, 6.45) is 3.77. The van der Waals surface area contributed by atoms with E-state index >= 15 is 0 Å². The second kappa shape index (κ2) is 5.63. The van der Waals surface area contributed by atoms with Crippen LogP contribution in [0.1, 0.15) is 12.5 Å². The van der Waals surface area contributed by atoms with Gasteiger partial charge in [0.2, 0.25) is 0 Å². The van der Waals surface area contributed by atoms with Crippen molar-refractivity contribution in [2.75, 3.05) is 31.1 Å². The van der Waals surface area contributed by atoms with Crippen molar-refractivity contribution in [2.24, 2.45) is 5.73 Å². The third kappa shape index (κ3) is 2.79. The summed E-state index contributed by atoms with van der Waals surface area (Å²) in [5.74, 6) is 0. The number of nitrogens with zero attached hydrogens (tertiary/aromatic N) is 3. The Hall–Kier alpha value is -1.20. The van der Waals surface area contributed by atoms with E-state index < -0.39 is 0 Å². The first-order valence-electron chi connectivity index (χ1n) is 6.28. The molecule has 1 aliphatic heterocycles. The highest BCUT2D eigenvalue weighted by atomic mass is 32.1. The number of rotatable bonds is 3. The van der Waals surface area contributed by atoms with E-state index in [1.165, 1.54) is 11.3 Å². The highest BCUT2D eigenvalue weighted by molar-refractivity contribution is 7.80. The van der Waals surface area contributed by atoms with Gasteiger partial charge in [-0.2, -0.15) is 0 Å². The van der Waals surface area contributed by atoms with Crippen molar-refractivity contribution in [3.05, 3.63) is 24.0 Å². The van der Waals surface area contributed by atoms with Crippen molar-refractivity contribution in [2.45, 2.75) is 19.9 Å². The molecule has 4 nitrogen and oxygen atoms in total. The zero-order valence-corrected chi connectivity index (χ0v) is 11.8. The second-order valence-corrected chi connectivity index (χ2v) is 5.23. The van der Waals surface area contributed by atoms with Gasteiger partial charge in [0.25, 0.3) is 0 Å². The molecule has 1 aromatic rings. The molecular formula is C13H20N4S. The maximum atomic E-state index is 5.70. The van der Waals surface area contributed by atoms with Crippen LogP contribution in [-0.4, -0.2) is 47.1 Å². The van der Waals surface area contributed by atoms with Gasteiger partial charge in [-0.1, -0.05) is 12.2 Å². The van der Waals surface area contributed by atoms with Gasteiger partial charge in [0, 0.05) is 44.3 Å². The number of aryl methyl sites for hydroxylation is 1. The lowest BCUT2D eigenvalue weighted by Crippen LogP contribution is -2.52. The fourth-order valence-electron chi connectivity index (χ4n) is 2.35. The largest absolute Gasteiger partial charge is 0.392 e. The van der Waals surface area contributed by atoms with Gasteiger partial charge in [0.15, 0.2) is 0 Å². The Morgan fingerprint density at radius 3 is 2.61 bits per heavy atom. The van der Waals surface area contributed by atoms with Crippen LogP contribution in [0.3, 0.4) is 0 Å². The smallest absolute Gasteiger partial charge is 0.0899 e. The molecule has 98 valence electrons. The molecule has 0 spiro atoms. The molecule has 1 unspecified atom stereocenters. The molecule has 1 atom stereocenters. The lowest BCUT2D eigenvalue weighted by atomic mass is 10.2. The summed E-state index contributed by atoms with van der Waals surface area (Å²) in [5, 5.41) is 0. The van der Waals surface area contributed by atoms with Crippen molar-refractivity contribution in [3.63, 3.8) is 0 Å². The molecule has 2 N–H and O–H groups in total. The number of pyridine rings is 1. The predicted octanol–water partition coefficient (Wildman–Crippen LogP) is 1.19. The third-order valence-electron chi connectivity index (χ3n) is 3.61. The highest BCUT2D eigenvalue weighted by Crippen LogP contribution is 2.20. The number of hydrogen-bond donors (Lipinski definition) is 1. The molecule has 2 heterocycles. The second-order valence-electron chi connectivity index (χ2n) is 4.76. The van der Waals surface area contributed by atoms with E-state index in [0.29, 0.717) is 4.99 Å². The van der Waals surface area contributed by atoms with E-state index in [0.717, 1.165) is 26.2 Å². The molecule has 2 rings (SSSR count). The van der Waals surface area contributed by atoms with Gasteiger partial charge in [0.05, 0.1) is 11.0 Å². The van der Waals surface area contributed by atoms with Gasteiger partial charge < -0.3 is 10.6 Å². The summed E-state index contributed by atoms with van der Waals surface area (Å²) >= 11 is 5.06. The summed E-state index contributed by atoms with van der Waals surface area (Å²) in [7, 11) is 0. The number of piperazine rings is 1. The monoisotopic (exact) mass is 264 g/mol. The fraction of sp³-hybridized carbons (Fsp3) is 0.538. The first-order valence-corrected chi connectivity index (χ1v) is 6.69. The van der Waals surface area contributed by atoms with Crippen LogP contribution in [0.15, 0.2) is 18.5 Å². The fourth-order valence-corrected chi connectivity index (χ4v) is 2.50. The van der Waals surface area contributed by atoms with Crippen molar-refractivity contribution >= 4 is 22.9 Å². The topological polar surface area (TPSA) is 45.4 Å². The van der Waals surface area contributed by atoms with Crippen molar-refractivity contribution < 1.29 is 0 Å². The summed E-state index contributed by atoms with van der Waals surface area (Å²) in [6.45, 7) is 8.21. The van der Waals surface area contributed by atoms with Gasteiger partial charge in [-0.3, -0.25) is 9.88 Å². The maximum Gasteiger partial charge on any atom is 0.0899 e. The molecule has 18 heavy (non-hydrogen) atoms. The molecule has 0 aromatic carbocycles. The zero-order valence-electron chi connectivity index (χ0n) is 11.0. The minimum absolute atomic E-state index is 0.195. The molecule has 0 bridgehead atoms. The molecule has 1 aliphatic rings. The number of aromatic nitrogens is 1. The van der Waals surface area contributed by atoms with Gasteiger partial charge >= 0.3 is 0 Å². The molecule has 0 radical (unpaired) electrons. The van der Waals surface area contributed by atoms with E-state index in [-0.39, 0.29) is 6.04 Å². The van der Waals surface area contributed by atoms with Gasteiger partial charge in [-0.25, -0.2) is 0 Å². The quantitative estimate of drug-likeness (QED) is 0.831. The molecule has 5 heteroatoms. The minimum Gasteiger partial charge on any atom is -0.392 e. The maximum absolute atomic E-state index is 5.70. The van der Waals surface area contributed by atoms with Crippen LogP contribution in [0.5, 0.6) is 0 Å². The van der Waals surface area contributed by atoms with Crippen LogP contribution in [0, 0.1) is 6.92 Å². The first-order chi connectivity index (χ1) is 8.59. The number of thiocarbonyl (C=S) groups is 1. The van der Waals surface area contributed by atoms with E-state index in [9.17, 15) is 0 Å². The minimum atomic E-state index is 0.195. The van der Waals surface area contributed by atoms with Crippen molar-refractivity contribution in [3.8, 4) is 0 Å². The van der Waals surface area contributed by atoms with Gasteiger partial charge in [0.1, 0.15) is 0 Å². The standard InChI is InChI=1S/C13H20N4S/c1-10-9-15-4-3-12(10)17-7-5-16(6-8-17)11(2)13(14)18/h3-4,9,11H,5-8H2,1-2H3,(H2,14,18). The third-order valence-corrected chi connectivity index (χ3v) is 3.95. The van der Waals surface area contributed by atoms with Gasteiger partial charge in [-0.05, 0) is 25.5 Å². The van der Waals surface area contributed by atoms with E-state index in [2.05, 4.69) is 34.7 Å². The Morgan fingerprint density at radius 1 is 1.39 bits per heavy atom. The predicted molar refractivity (Wildman–Crippen MR) is 79.0 cm³/mol. The Bertz CT molecular complexity index is 427. The average Bonchev–Trinajstić information content (AvgIpc) is 2.38.